The van der Waals surface area contributed by atoms with E-state index in [-0.39, 0.29) is 23.8 Å². The van der Waals surface area contributed by atoms with Crippen molar-refractivity contribution in [2.75, 3.05) is 13.1 Å². The lowest BCUT2D eigenvalue weighted by Gasteiger charge is -2.33. The molecule has 1 aliphatic heterocycles. The quantitative estimate of drug-likeness (QED) is 0.827. The number of aliphatic hydroxyl groups is 1. The van der Waals surface area contributed by atoms with Crippen molar-refractivity contribution in [1.82, 2.24) is 14.9 Å². The molecule has 1 aromatic heterocycles. The van der Waals surface area contributed by atoms with E-state index in [1.54, 1.807) is 11.1 Å². The second kappa shape index (κ2) is 9.15. The summed E-state index contributed by atoms with van der Waals surface area (Å²) in [7, 11) is 0. The molecule has 1 saturated heterocycles. The van der Waals surface area contributed by atoms with Gasteiger partial charge in [-0.15, -0.1) is 0 Å². The molecule has 0 bridgehead atoms. The van der Waals surface area contributed by atoms with Gasteiger partial charge in [0, 0.05) is 19.0 Å². The summed E-state index contributed by atoms with van der Waals surface area (Å²) < 4.78 is 5.92. The molecule has 2 aromatic rings. The summed E-state index contributed by atoms with van der Waals surface area (Å²) in [6.07, 6.45) is 2.87. The maximum absolute atomic E-state index is 13.2. The first-order chi connectivity index (χ1) is 13.5. The van der Waals surface area contributed by atoms with E-state index in [1.165, 1.54) is 0 Å². The number of rotatable bonds is 6. The van der Waals surface area contributed by atoms with Gasteiger partial charge >= 0.3 is 0 Å². The molecule has 2 heterocycles. The van der Waals surface area contributed by atoms with E-state index in [2.05, 4.69) is 9.97 Å². The molecular formula is C22H29N3O3. The Balaban J connectivity index is 1.78. The van der Waals surface area contributed by atoms with Crippen LogP contribution in [-0.4, -0.2) is 45.1 Å². The van der Waals surface area contributed by atoms with Crippen molar-refractivity contribution < 1.29 is 14.6 Å². The fourth-order valence-electron chi connectivity index (χ4n) is 3.39. The van der Waals surface area contributed by atoms with Crippen LogP contribution in [0.3, 0.4) is 0 Å². The molecule has 1 fully saturated rings. The molecule has 0 aliphatic carbocycles. The van der Waals surface area contributed by atoms with Gasteiger partial charge in [-0.3, -0.25) is 4.79 Å². The van der Waals surface area contributed by atoms with Crippen LogP contribution in [0, 0.1) is 5.92 Å². The van der Waals surface area contributed by atoms with Gasteiger partial charge in [0.1, 0.15) is 12.4 Å². The van der Waals surface area contributed by atoms with Gasteiger partial charge < -0.3 is 14.7 Å². The average Bonchev–Trinajstić information content (AvgIpc) is 2.72. The number of aromatic nitrogens is 2. The topological polar surface area (TPSA) is 75.5 Å². The number of piperidine rings is 1. The summed E-state index contributed by atoms with van der Waals surface area (Å²) in [4.78, 5) is 23.9. The first-order valence-corrected chi connectivity index (χ1v) is 9.96. The molecule has 0 spiro atoms. The summed E-state index contributed by atoms with van der Waals surface area (Å²) in [5.74, 6) is 1.28. The lowest BCUT2D eigenvalue weighted by atomic mass is 9.92. The highest BCUT2D eigenvalue weighted by atomic mass is 16.5. The van der Waals surface area contributed by atoms with Crippen LogP contribution >= 0.6 is 0 Å². The van der Waals surface area contributed by atoms with Crippen molar-refractivity contribution in [3.05, 3.63) is 53.6 Å². The first kappa shape index (κ1) is 20.3. The zero-order valence-corrected chi connectivity index (χ0v) is 16.8. The molecule has 28 heavy (non-hydrogen) atoms. The fraction of sp³-hybridized carbons (Fsp3) is 0.500. The average molecular weight is 383 g/mol. The van der Waals surface area contributed by atoms with Gasteiger partial charge in [-0.05, 0) is 31.2 Å². The number of hydrogen-bond acceptors (Lipinski definition) is 5. The Labute approximate surface area is 166 Å². The van der Waals surface area contributed by atoms with E-state index in [1.807, 2.05) is 51.1 Å². The predicted octanol–water partition coefficient (Wildman–Crippen LogP) is 3.41. The van der Waals surface area contributed by atoms with Crippen LogP contribution in [0.2, 0.25) is 0 Å². The first-order valence-electron chi connectivity index (χ1n) is 9.96. The molecule has 1 aromatic carbocycles. The smallest absolute Gasteiger partial charge is 0.276 e. The monoisotopic (exact) mass is 383 g/mol. The maximum Gasteiger partial charge on any atom is 0.276 e. The lowest BCUT2D eigenvalue weighted by molar-refractivity contribution is 0.0512. The van der Waals surface area contributed by atoms with Gasteiger partial charge in [0.25, 0.3) is 5.91 Å². The van der Waals surface area contributed by atoms with Gasteiger partial charge in [0.15, 0.2) is 11.4 Å². The van der Waals surface area contributed by atoms with Crippen LogP contribution in [0.25, 0.3) is 0 Å². The van der Waals surface area contributed by atoms with Crippen LogP contribution in [0.15, 0.2) is 36.5 Å². The van der Waals surface area contributed by atoms with Crippen LogP contribution in [0.4, 0.5) is 0 Å². The Morgan fingerprint density at radius 3 is 2.50 bits per heavy atom. The minimum atomic E-state index is -0.339. The summed E-state index contributed by atoms with van der Waals surface area (Å²) in [5, 5.41) is 9.79. The SMILES string of the molecule is CC(C)c1ncc(OCc2ccccc2)c(C(=O)N2CCC([C@@H](C)O)CC2)n1. The zero-order valence-electron chi connectivity index (χ0n) is 16.8. The van der Waals surface area contributed by atoms with E-state index < -0.39 is 0 Å². The normalized spacial score (nSPS) is 16.2. The highest BCUT2D eigenvalue weighted by Gasteiger charge is 2.29. The third-order valence-electron chi connectivity index (χ3n) is 5.24. The second-order valence-electron chi connectivity index (χ2n) is 7.74. The van der Waals surface area contributed by atoms with Crippen molar-refractivity contribution in [2.45, 2.75) is 52.2 Å². The third kappa shape index (κ3) is 4.87. The standard InChI is InChI=1S/C22H29N3O3/c1-15(2)21-23-13-19(28-14-17-7-5-4-6-8-17)20(24-21)22(27)25-11-9-18(10-12-25)16(3)26/h4-8,13,15-16,18,26H,9-12,14H2,1-3H3/t16-/m1/s1. The van der Waals surface area contributed by atoms with Gasteiger partial charge in [-0.1, -0.05) is 44.2 Å². The summed E-state index contributed by atoms with van der Waals surface area (Å²) >= 11 is 0. The number of likely N-dealkylation sites (tertiary alicyclic amines) is 1. The summed E-state index contributed by atoms with van der Waals surface area (Å²) in [5.41, 5.74) is 1.34. The molecule has 1 atom stereocenters. The van der Waals surface area contributed by atoms with Crippen LogP contribution < -0.4 is 4.74 Å². The van der Waals surface area contributed by atoms with Gasteiger partial charge in [0.05, 0.1) is 12.3 Å². The Hall–Kier alpha value is -2.47. The lowest BCUT2D eigenvalue weighted by Crippen LogP contribution is -2.41. The molecule has 0 unspecified atom stereocenters. The number of amides is 1. The van der Waals surface area contributed by atoms with Crippen LogP contribution in [-0.2, 0) is 6.61 Å². The molecule has 6 heteroatoms. The second-order valence-corrected chi connectivity index (χ2v) is 7.74. The third-order valence-corrected chi connectivity index (χ3v) is 5.24. The molecule has 3 rings (SSSR count). The Bertz CT molecular complexity index is 785. The Morgan fingerprint density at radius 1 is 1.21 bits per heavy atom. The molecule has 0 saturated carbocycles. The van der Waals surface area contributed by atoms with Crippen molar-refractivity contribution in [1.29, 1.82) is 0 Å². The number of carbonyl (C=O) groups excluding carboxylic acids is 1. The van der Waals surface area contributed by atoms with Crippen molar-refractivity contribution >= 4 is 5.91 Å². The molecule has 1 amide bonds. The number of carbonyl (C=O) groups is 1. The fourth-order valence-corrected chi connectivity index (χ4v) is 3.39. The number of nitrogens with zero attached hydrogens (tertiary/aromatic N) is 3. The number of ether oxygens (including phenoxy) is 1. The van der Waals surface area contributed by atoms with E-state index in [0.29, 0.717) is 37.0 Å². The highest BCUT2D eigenvalue weighted by Crippen LogP contribution is 2.25. The minimum absolute atomic E-state index is 0.121. The molecule has 0 radical (unpaired) electrons. The van der Waals surface area contributed by atoms with Gasteiger partial charge in [-0.25, -0.2) is 9.97 Å². The van der Waals surface area contributed by atoms with Gasteiger partial charge in [0.2, 0.25) is 0 Å². The predicted molar refractivity (Wildman–Crippen MR) is 107 cm³/mol. The van der Waals surface area contributed by atoms with E-state index >= 15 is 0 Å². The largest absolute Gasteiger partial charge is 0.485 e. The van der Waals surface area contributed by atoms with Crippen molar-refractivity contribution in [3.63, 3.8) is 0 Å². The van der Waals surface area contributed by atoms with Crippen molar-refractivity contribution in [2.24, 2.45) is 5.92 Å². The molecule has 1 aliphatic rings. The van der Waals surface area contributed by atoms with E-state index in [0.717, 1.165) is 18.4 Å². The number of aliphatic hydroxyl groups excluding tert-OH is 1. The summed E-state index contributed by atoms with van der Waals surface area (Å²) in [6, 6.07) is 9.82. The Kier molecular flexibility index (Phi) is 6.62. The van der Waals surface area contributed by atoms with Crippen LogP contribution in [0.5, 0.6) is 5.75 Å². The van der Waals surface area contributed by atoms with Crippen molar-refractivity contribution in [3.8, 4) is 5.75 Å². The Morgan fingerprint density at radius 2 is 1.89 bits per heavy atom. The highest BCUT2D eigenvalue weighted by molar-refractivity contribution is 5.95. The van der Waals surface area contributed by atoms with Crippen LogP contribution in [0.1, 0.15) is 61.4 Å². The number of benzene rings is 1. The molecular weight excluding hydrogens is 354 g/mol. The summed E-state index contributed by atoms with van der Waals surface area (Å²) in [6.45, 7) is 7.41. The molecule has 1 N–H and O–H groups in total. The zero-order chi connectivity index (χ0) is 20.1. The van der Waals surface area contributed by atoms with Gasteiger partial charge in [-0.2, -0.15) is 0 Å². The van der Waals surface area contributed by atoms with E-state index in [4.69, 9.17) is 4.74 Å². The minimum Gasteiger partial charge on any atom is -0.485 e. The molecule has 150 valence electrons. The molecule has 6 nitrogen and oxygen atoms in total. The number of hydrogen-bond donors (Lipinski definition) is 1. The van der Waals surface area contributed by atoms with E-state index in [9.17, 15) is 9.90 Å². The maximum atomic E-state index is 13.2.